The van der Waals surface area contributed by atoms with E-state index in [1.807, 2.05) is 70.2 Å². The minimum absolute atomic E-state index is 0.274. The number of rotatable bonds is 7. The van der Waals surface area contributed by atoms with E-state index in [0.717, 1.165) is 5.56 Å². The lowest BCUT2D eigenvalue weighted by molar-refractivity contribution is 0.491. The van der Waals surface area contributed by atoms with Crippen molar-refractivity contribution in [3.63, 3.8) is 0 Å². The predicted molar refractivity (Wildman–Crippen MR) is 115 cm³/mol. The first-order chi connectivity index (χ1) is 13.2. The summed E-state index contributed by atoms with van der Waals surface area (Å²) in [6.45, 7) is 9.07. The second kappa shape index (κ2) is 9.71. The topological polar surface area (TPSA) is 82.6 Å². The fraction of sp³-hybridized carbons (Fsp3) is 0.381. The second-order valence-corrected chi connectivity index (χ2v) is 9.15. The monoisotopic (exact) mass is 402 g/mol. The molecule has 2 aromatic carbocycles. The zero-order valence-electron chi connectivity index (χ0n) is 17.0. The summed E-state index contributed by atoms with van der Waals surface area (Å²) in [5.74, 6) is 0.641. The van der Waals surface area contributed by atoms with Gasteiger partial charge in [0, 0.05) is 18.6 Å². The van der Waals surface area contributed by atoms with Gasteiger partial charge >= 0.3 is 0 Å². The van der Waals surface area contributed by atoms with Crippen LogP contribution in [-0.4, -0.2) is 26.5 Å². The van der Waals surface area contributed by atoms with E-state index in [-0.39, 0.29) is 4.90 Å². The Balaban J connectivity index is 2.16. The molecule has 0 aliphatic rings. The molecular weight excluding hydrogens is 372 g/mol. The van der Waals surface area contributed by atoms with Crippen LogP contribution < -0.4 is 15.4 Å². The molecule has 2 rings (SSSR count). The Morgan fingerprint density at radius 1 is 0.964 bits per heavy atom. The highest BCUT2D eigenvalue weighted by atomic mass is 32.2. The smallest absolute Gasteiger partial charge is 0.241 e. The van der Waals surface area contributed by atoms with Gasteiger partial charge in [0.1, 0.15) is 0 Å². The van der Waals surface area contributed by atoms with Crippen molar-refractivity contribution in [1.82, 2.24) is 15.4 Å². The molecular formula is C21H30N4O2S. The lowest BCUT2D eigenvalue weighted by Gasteiger charge is -2.22. The van der Waals surface area contributed by atoms with Crippen molar-refractivity contribution in [2.24, 2.45) is 4.99 Å². The number of hydrogen-bond donors (Lipinski definition) is 3. The van der Waals surface area contributed by atoms with Crippen molar-refractivity contribution in [2.75, 3.05) is 6.54 Å². The molecule has 0 bridgehead atoms. The van der Waals surface area contributed by atoms with Gasteiger partial charge in [0.25, 0.3) is 0 Å². The molecule has 0 amide bonds. The Labute approximate surface area is 168 Å². The highest BCUT2D eigenvalue weighted by molar-refractivity contribution is 7.89. The van der Waals surface area contributed by atoms with Gasteiger partial charge in [0.2, 0.25) is 10.0 Å². The number of aliphatic imine (C=N–C) groups is 1. The summed E-state index contributed by atoms with van der Waals surface area (Å²) < 4.78 is 28.2. The molecule has 28 heavy (non-hydrogen) atoms. The van der Waals surface area contributed by atoms with Crippen molar-refractivity contribution < 1.29 is 8.42 Å². The molecule has 7 heteroatoms. The molecule has 0 aromatic heterocycles. The van der Waals surface area contributed by atoms with Crippen LogP contribution in [0.1, 0.15) is 38.8 Å². The largest absolute Gasteiger partial charge is 0.357 e. The van der Waals surface area contributed by atoms with Gasteiger partial charge in [0.15, 0.2) is 5.96 Å². The molecule has 0 saturated carbocycles. The van der Waals surface area contributed by atoms with Crippen LogP contribution in [0.15, 0.2) is 64.5 Å². The normalized spacial score (nSPS) is 12.6. The first-order valence-electron chi connectivity index (χ1n) is 9.39. The third-order valence-corrected chi connectivity index (χ3v) is 5.61. The Hall–Kier alpha value is -2.38. The van der Waals surface area contributed by atoms with Gasteiger partial charge in [-0.1, -0.05) is 48.5 Å². The molecule has 0 fully saturated rings. The minimum Gasteiger partial charge on any atom is -0.357 e. The van der Waals surface area contributed by atoms with Crippen molar-refractivity contribution in [3.05, 3.63) is 65.7 Å². The number of nitrogens with one attached hydrogen (secondary N) is 3. The summed E-state index contributed by atoms with van der Waals surface area (Å²) >= 11 is 0. The summed E-state index contributed by atoms with van der Waals surface area (Å²) in [5, 5.41) is 6.42. The average molecular weight is 403 g/mol. The van der Waals surface area contributed by atoms with Gasteiger partial charge in [-0.25, -0.2) is 18.1 Å². The standard InChI is InChI=1S/C21H30N4O2S/c1-5-22-20(23-15-17-11-7-6-8-12-17)24-16-18-13-9-10-14-19(18)28(26,27)25-21(2,3)4/h6-14,25H,5,15-16H2,1-4H3,(H2,22,23,24). The van der Waals surface area contributed by atoms with Crippen molar-refractivity contribution in [2.45, 2.75) is 51.2 Å². The predicted octanol–water partition coefficient (Wildman–Crippen LogP) is 3.02. The second-order valence-electron chi connectivity index (χ2n) is 7.50. The van der Waals surface area contributed by atoms with Gasteiger partial charge in [0.05, 0.1) is 11.4 Å². The molecule has 0 saturated heterocycles. The SMILES string of the molecule is CCNC(=NCc1ccccc1)NCc1ccccc1S(=O)(=O)NC(C)(C)C. The molecule has 0 aliphatic carbocycles. The van der Waals surface area contributed by atoms with Gasteiger partial charge in [-0.2, -0.15) is 0 Å². The Kier molecular flexibility index (Phi) is 7.60. The summed E-state index contributed by atoms with van der Waals surface area (Å²) in [6, 6.07) is 17.0. The van der Waals surface area contributed by atoms with Crippen LogP contribution in [0.4, 0.5) is 0 Å². The summed E-state index contributed by atoms with van der Waals surface area (Å²) in [4.78, 5) is 4.85. The third kappa shape index (κ3) is 6.98. The fourth-order valence-corrected chi connectivity index (χ4v) is 4.30. The number of benzene rings is 2. The van der Waals surface area contributed by atoms with E-state index in [9.17, 15) is 8.42 Å². The maximum Gasteiger partial charge on any atom is 0.241 e. The number of hydrogen-bond acceptors (Lipinski definition) is 3. The van der Waals surface area contributed by atoms with Gasteiger partial charge < -0.3 is 10.6 Å². The van der Waals surface area contributed by atoms with Crippen LogP contribution >= 0.6 is 0 Å². The van der Waals surface area contributed by atoms with Crippen LogP contribution in [0.3, 0.4) is 0 Å². The molecule has 0 spiro atoms. The highest BCUT2D eigenvalue weighted by Gasteiger charge is 2.24. The van der Waals surface area contributed by atoms with Crippen molar-refractivity contribution >= 4 is 16.0 Å². The molecule has 6 nitrogen and oxygen atoms in total. The maximum absolute atomic E-state index is 12.8. The third-order valence-electron chi connectivity index (χ3n) is 3.76. The number of guanidine groups is 1. The molecule has 3 N–H and O–H groups in total. The molecule has 0 aliphatic heterocycles. The summed E-state index contributed by atoms with van der Waals surface area (Å²) in [6.07, 6.45) is 0. The molecule has 0 atom stereocenters. The van der Waals surface area contributed by atoms with Crippen LogP contribution in [0.25, 0.3) is 0 Å². The fourth-order valence-electron chi connectivity index (χ4n) is 2.64. The van der Waals surface area contributed by atoms with Crippen molar-refractivity contribution in [1.29, 1.82) is 0 Å². The van der Waals surface area contributed by atoms with Crippen LogP contribution in [0, 0.1) is 0 Å². The Bertz CT molecular complexity index is 888. The zero-order valence-corrected chi connectivity index (χ0v) is 17.8. The zero-order chi connectivity index (χ0) is 20.6. The molecule has 0 radical (unpaired) electrons. The van der Waals surface area contributed by atoms with E-state index < -0.39 is 15.6 Å². The minimum atomic E-state index is -3.61. The van der Waals surface area contributed by atoms with E-state index >= 15 is 0 Å². The summed E-state index contributed by atoms with van der Waals surface area (Å²) in [7, 11) is -3.61. The van der Waals surface area contributed by atoms with E-state index in [2.05, 4.69) is 20.3 Å². The highest BCUT2D eigenvalue weighted by Crippen LogP contribution is 2.17. The van der Waals surface area contributed by atoms with E-state index in [0.29, 0.717) is 31.2 Å². The van der Waals surface area contributed by atoms with Gasteiger partial charge in [-0.15, -0.1) is 0 Å². The first-order valence-corrected chi connectivity index (χ1v) is 10.9. The molecule has 152 valence electrons. The quantitative estimate of drug-likeness (QED) is 0.491. The van der Waals surface area contributed by atoms with Gasteiger partial charge in [-0.05, 0) is 44.9 Å². The molecule has 0 unspecified atom stereocenters. The van der Waals surface area contributed by atoms with Crippen LogP contribution in [0.5, 0.6) is 0 Å². The maximum atomic E-state index is 12.8. The van der Waals surface area contributed by atoms with Gasteiger partial charge in [-0.3, -0.25) is 0 Å². The van der Waals surface area contributed by atoms with Crippen molar-refractivity contribution in [3.8, 4) is 0 Å². The lowest BCUT2D eigenvalue weighted by atomic mass is 10.1. The Morgan fingerprint density at radius 3 is 2.25 bits per heavy atom. The average Bonchev–Trinajstić information content (AvgIpc) is 2.63. The number of nitrogens with zero attached hydrogens (tertiary/aromatic N) is 1. The van der Waals surface area contributed by atoms with E-state index in [1.165, 1.54) is 0 Å². The van der Waals surface area contributed by atoms with Crippen LogP contribution in [0.2, 0.25) is 0 Å². The summed E-state index contributed by atoms with van der Waals surface area (Å²) in [5.41, 5.74) is 1.24. The lowest BCUT2D eigenvalue weighted by Crippen LogP contribution is -2.41. The van der Waals surface area contributed by atoms with E-state index in [1.54, 1.807) is 12.1 Å². The first kappa shape index (κ1) is 21.9. The Morgan fingerprint density at radius 2 is 1.61 bits per heavy atom. The van der Waals surface area contributed by atoms with Crippen LogP contribution in [-0.2, 0) is 23.1 Å². The van der Waals surface area contributed by atoms with E-state index in [4.69, 9.17) is 0 Å². The number of sulfonamides is 1. The molecule has 0 heterocycles. The molecule has 2 aromatic rings.